The molecule has 1 heterocycles. The third-order valence-electron chi connectivity index (χ3n) is 3.90. The molecule has 7 heteroatoms. The molecular formula is C18H23N3O3S. The minimum Gasteiger partial charge on any atom is -0.350 e. The molecule has 0 saturated heterocycles. The Labute approximate surface area is 148 Å². The van der Waals surface area contributed by atoms with Crippen molar-refractivity contribution in [1.82, 2.24) is 10.3 Å². The predicted octanol–water partition coefficient (Wildman–Crippen LogP) is 2.11. The van der Waals surface area contributed by atoms with E-state index in [9.17, 15) is 13.2 Å². The van der Waals surface area contributed by atoms with Crippen molar-refractivity contribution in [1.29, 1.82) is 0 Å². The summed E-state index contributed by atoms with van der Waals surface area (Å²) in [5.74, 6) is -0.359. The number of carbonyl (C=O) groups excluding carboxylic acids is 1. The molecule has 0 saturated carbocycles. The zero-order chi connectivity index (χ0) is 18.4. The first kappa shape index (κ1) is 18.9. The van der Waals surface area contributed by atoms with Gasteiger partial charge in [0.15, 0.2) is 0 Å². The fourth-order valence-corrected chi connectivity index (χ4v) is 3.70. The maximum absolute atomic E-state index is 12.5. The average molecular weight is 361 g/mol. The second-order valence-corrected chi connectivity index (χ2v) is 7.69. The summed E-state index contributed by atoms with van der Waals surface area (Å²) in [7, 11) is -3.60. The Balaban J connectivity index is 2.17. The number of sulfonamides is 1. The van der Waals surface area contributed by atoms with Crippen LogP contribution in [0.2, 0.25) is 0 Å². The molecule has 1 amide bonds. The molecule has 0 aliphatic carbocycles. The standard InChI is InChI=1S/C18H23N3O3S/c1-4-15-5-7-17(8-6-15)21(25(3,23)24)14(2)18(22)20-13-16-9-11-19-12-10-16/h5-12,14H,4,13H2,1-3H3,(H,20,22)/t14-/m0/s1. The number of nitrogens with zero attached hydrogens (tertiary/aromatic N) is 2. The summed E-state index contributed by atoms with van der Waals surface area (Å²) < 4.78 is 25.6. The van der Waals surface area contributed by atoms with Gasteiger partial charge in [-0.05, 0) is 48.7 Å². The van der Waals surface area contributed by atoms with Gasteiger partial charge in [0.05, 0.1) is 11.9 Å². The highest BCUT2D eigenvalue weighted by Crippen LogP contribution is 2.21. The van der Waals surface area contributed by atoms with E-state index in [0.717, 1.165) is 28.1 Å². The number of nitrogens with one attached hydrogen (secondary N) is 1. The van der Waals surface area contributed by atoms with Gasteiger partial charge in [0, 0.05) is 18.9 Å². The molecule has 2 aromatic rings. The molecule has 0 unspecified atom stereocenters. The largest absolute Gasteiger partial charge is 0.350 e. The number of aryl methyl sites for hydroxylation is 1. The van der Waals surface area contributed by atoms with Crippen LogP contribution in [0.25, 0.3) is 0 Å². The van der Waals surface area contributed by atoms with Gasteiger partial charge in [-0.3, -0.25) is 14.1 Å². The highest BCUT2D eigenvalue weighted by Gasteiger charge is 2.28. The van der Waals surface area contributed by atoms with Crippen molar-refractivity contribution in [3.63, 3.8) is 0 Å². The van der Waals surface area contributed by atoms with E-state index in [4.69, 9.17) is 0 Å². The van der Waals surface area contributed by atoms with Crippen molar-refractivity contribution in [3.05, 3.63) is 59.9 Å². The molecule has 1 aromatic carbocycles. The monoisotopic (exact) mass is 361 g/mol. The van der Waals surface area contributed by atoms with Crippen molar-refractivity contribution in [3.8, 4) is 0 Å². The molecule has 134 valence electrons. The minimum atomic E-state index is -3.60. The fraction of sp³-hybridized carbons (Fsp3) is 0.333. The van der Waals surface area contributed by atoms with Crippen LogP contribution in [-0.2, 0) is 27.8 Å². The molecule has 1 atom stereocenters. The number of hydrogen-bond donors (Lipinski definition) is 1. The quantitative estimate of drug-likeness (QED) is 0.819. The molecular weight excluding hydrogens is 338 g/mol. The zero-order valence-electron chi connectivity index (χ0n) is 14.6. The van der Waals surface area contributed by atoms with Crippen molar-refractivity contribution in [2.75, 3.05) is 10.6 Å². The van der Waals surface area contributed by atoms with Crippen LogP contribution in [0, 0.1) is 0 Å². The summed E-state index contributed by atoms with van der Waals surface area (Å²) in [6.07, 6.45) is 5.25. The lowest BCUT2D eigenvalue weighted by atomic mass is 10.1. The van der Waals surface area contributed by atoms with E-state index in [0.29, 0.717) is 12.2 Å². The van der Waals surface area contributed by atoms with E-state index in [1.165, 1.54) is 0 Å². The Kier molecular flexibility index (Phi) is 6.14. The van der Waals surface area contributed by atoms with Crippen LogP contribution < -0.4 is 9.62 Å². The van der Waals surface area contributed by atoms with Gasteiger partial charge >= 0.3 is 0 Å². The molecule has 25 heavy (non-hydrogen) atoms. The Morgan fingerprint density at radius 3 is 2.24 bits per heavy atom. The zero-order valence-corrected chi connectivity index (χ0v) is 15.5. The van der Waals surface area contributed by atoms with Gasteiger partial charge in [0.1, 0.15) is 6.04 Å². The van der Waals surface area contributed by atoms with Crippen LogP contribution >= 0.6 is 0 Å². The number of amides is 1. The van der Waals surface area contributed by atoms with E-state index in [-0.39, 0.29) is 5.91 Å². The van der Waals surface area contributed by atoms with Crippen LogP contribution in [-0.4, -0.2) is 31.6 Å². The molecule has 1 aromatic heterocycles. The molecule has 0 aliphatic rings. The second-order valence-electron chi connectivity index (χ2n) is 5.83. The van der Waals surface area contributed by atoms with Gasteiger partial charge < -0.3 is 5.32 Å². The third kappa shape index (κ3) is 5.03. The second kappa shape index (κ2) is 8.11. The van der Waals surface area contributed by atoms with Gasteiger partial charge in [0.2, 0.25) is 15.9 Å². The number of pyridine rings is 1. The molecule has 0 aliphatic heterocycles. The van der Waals surface area contributed by atoms with Crippen LogP contribution in [0.5, 0.6) is 0 Å². The topological polar surface area (TPSA) is 79.4 Å². The van der Waals surface area contributed by atoms with Gasteiger partial charge in [-0.25, -0.2) is 8.42 Å². The first-order valence-electron chi connectivity index (χ1n) is 8.08. The fourth-order valence-electron chi connectivity index (χ4n) is 2.52. The molecule has 0 radical (unpaired) electrons. The molecule has 6 nitrogen and oxygen atoms in total. The Morgan fingerprint density at radius 1 is 1.12 bits per heavy atom. The predicted molar refractivity (Wildman–Crippen MR) is 98.7 cm³/mol. The van der Waals surface area contributed by atoms with Crippen LogP contribution in [0.1, 0.15) is 25.0 Å². The summed E-state index contributed by atoms with van der Waals surface area (Å²) >= 11 is 0. The number of rotatable bonds is 7. The Morgan fingerprint density at radius 2 is 1.72 bits per heavy atom. The normalized spacial score (nSPS) is 12.4. The van der Waals surface area contributed by atoms with Crippen molar-refractivity contribution in [2.45, 2.75) is 32.9 Å². The molecule has 2 rings (SSSR count). The van der Waals surface area contributed by atoms with E-state index < -0.39 is 16.1 Å². The first-order chi connectivity index (χ1) is 11.8. The SMILES string of the molecule is CCc1ccc(N([C@@H](C)C(=O)NCc2ccncc2)S(C)(=O)=O)cc1. The lowest BCUT2D eigenvalue weighted by molar-refractivity contribution is -0.122. The molecule has 0 fully saturated rings. The smallest absolute Gasteiger partial charge is 0.243 e. The van der Waals surface area contributed by atoms with Crippen molar-refractivity contribution >= 4 is 21.6 Å². The van der Waals surface area contributed by atoms with Gasteiger partial charge in [-0.2, -0.15) is 0 Å². The Hall–Kier alpha value is -2.41. The summed E-state index contributed by atoms with van der Waals surface area (Å²) in [6.45, 7) is 3.92. The van der Waals surface area contributed by atoms with E-state index in [1.54, 1.807) is 43.6 Å². The van der Waals surface area contributed by atoms with E-state index >= 15 is 0 Å². The maximum atomic E-state index is 12.5. The van der Waals surface area contributed by atoms with Crippen molar-refractivity contribution < 1.29 is 13.2 Å². The maximum Gasteiger partial charge on any atom is 0.243 e. The minimum absolute atomic E-state index is 0.318. The van der Waals surface area contributed by atoms with E-state index in [1.807, 2.05) is 19.1 Å². The lowest BCUT2D eigenvalue weighted by Crippen LogP contribution is -2.47. The number of benzene rings is 1. The van der Waals surface area contributed by atoms with Gasteiger partial charge in [0.25, 0.3) is 0 Å². The number of aromatic nitrogens is 1. The van der Waals surface area contributed by atoms with E-state index in [2.05, 4.69) is 10.3 Å². The number of anilines is 1. The third-order valence-corrected chi connectivity index (χ3v) is 5.15. The molecule has 0 bridgehead atoms. The van der Waals surface area contributed by atoms with Gasteiger partial charge in [-0.15, -0.1) is 0 Å². The van der Waals surface area contributed by atoms with Gasteiger partial charge in [-0.1, -0.05) is 19.1 Å². The lowest BCUT2D eigenvalue weighted by Gasteiger charge is -2.28. The van der Waals surface area contributed by atoms with Crippen LogP contribution in [0.4, 0.5) is 5.69 Å². The summed E-state index contributed by atoms with van der Waals surface area (Å²) in [5.41, 5.74) is 2.48. The van der Waals surface area contributed by atoms with Crippen LogP contribution in [0.15, 0.2) is 48.8 Å². The highest BCUT2D eigenvalue weighted by molar-refractivity contribution is 7.92. The summed E-state index contributed by atoms with van der Waals surface area (Å²) in [6, 6.07) is 9.93. The first-order valence-corrected chi connectivity index (χ1v) is 9.92. The number of hydrogen-bond acceptors (Lipinski definition) is 4. The molecule has 1 N–H and O–H groups in total. The summed E-state index contributed by atoms with van der Waals surface area (Å²) in [5, 5.41) is 2.77. The highest BCUT2D eigenvalue weighted by atomic mass is 32.2. The number of carbonyl (C=O) groups is 1. The molecule has 0 spiro atoms. The Bertz CT molecular complexity index is 805. The summed E-state index contributed by atoms with van der Waals surface area (Å²) in [4.78, 5) is 16.4. The average Bonchev–Trinajstić information content (AvgIpc) is 2.60. The van der Waals surface area contributed by atoms with Crippen LogP contribution in [0.3, 0.4) is 0 Å². The van der Waals surface area contributed by atoms with Crippen molar-refractivity contribution in [2.24, 2.45) is 0 Å².